The van der Waals surface area contributed by atoms with Crippen LogP contribution in [0.5, 0.6) is 0 Å². The van der Waals surface area contributed by atoms with Gasteiger partial charge in [0.05, 0.1) is 11.9 Å². The summed E-state index contributed by atoms with van der Waals surface area (Å²) in [5, 5.41) is 14.5. The summed E-state index contributed by atoms with van der Waals surface area (Å²) in [5.74, 6) is 0.735. The van der Waals surface area contributed by atoms with E-state index in [4.69, 9.17) is 0 Å². The average molecular weight is 373 g/mol. The first kappa shape index (κ1) is 17.6. The molecule has 4 rings (SSSR count). The Hall–Kier alpha value is -3.81. The Morgan fingerprint density at radius 3 is 2.36 bits per heavy atom. The Labute approximate surface area is 161 Å². The second-order valence-electron chi connectivity index (χ2n) is 6.37. The summed E-state index contributed by atoms with van der Waals surface area (Å²) in [6, 6.07) is 18.6. The summed E-state index contributed by atoms with van der Waals surface area (Å²) in [7, 11) is 1.87. The van der Waals surface area contributed by atoms with Crippen molar-refractivity contribution in [2.75, 3.05) is 5.32 Å². The zero-order chi connectivity index (χ0) is 19.5. The lowest BCUT2D eigenvalue weighted by Crippen LogP contribution is -2.29. The van der Waals surface area contributed by atoms with Gasteiger partial charge < -0.3 is 4.57 Å². The van der Waals surface area contributed by atoms with Crippen LogP contribution in [0.2, 0.25) is 0 Å². The molecular weight excluding hydrogens is 354 g/mol. The Kier molecular flexibility index (Phi) is 4.67. The predicted molar refractivity (Wildman–Crippen MR) is 104 cm³/mol. The summed E-state index contributed by atoms with van der Waals surface area (Å²) >= 11 is 0. The molecule has 2 aromatic heterocycles. The molecule has 1 unspecified atom stereocenters. The Balaban J connectivity index is 1.66. The van der Waals surface area contributed by atoms with Gasteiger partial charge in [0.2, 0.25) is 5.95 Å². The molecule has 1 N–H and O–H groups in total. The van der Waals surface area contributed by atoms with E-state index in [1.807, 2.05) is 72.3 Å². The van der Waals surface area contributed by atoms with Crippen molar-refractivity contribution in [2.24, 2.45) is 7.05 Å². The molecule has 140 valence electrons. The molecule has 2 heterocycles. The average Bonchev–Trinajstić information content (AvgIpc) is 3.30. The number of imidazole rings is 1. The number of carbonyl (C=O) groups is 1. The molecule has 1 amide bonds. The predicted octanol–water partition coefficient (Wildman–Crippen LogP) is 2.61. The van der Waals surface area contributed by atoms with Crippen molar-refractivity contribution in [3.8, 4) is 11.3 Å². The largest absolute Gasteiger partial charge is 0.313 e. The van der Waals surface area contributed by atoms with Crippen LogP contribution >= 0.6 is 0 Å². The number of hydrogen-bond donors (Lipinski definition) is 1. The van der Waals surface area contributed by atoms with Gasteiger partial charge in [-0.15, -0.1) is 5.10 Å². The molecule has 0 aliphatic carbocycles. The van der Waals surface area contributed by atoms with Crippen molar-refractivity contribution < 1.29 is 4.79 Å². The summed E-state index contributed by atoms with van der Waals surface area (Å²) in [6.45, 7) is 1.76. The smallest absolute Gasteiger partial charge is 0.256 e. The Morgan fingerprint density at radius 1 is 1.04 bits per heavy atom. The number of nitrogens with zero attached hydrogens (tertiary/aromatic N) is 6. The quantitative estimate of drug-likeness (QED) is 0.581. The lowest BCUT2D eigenvalue weighted by molar-refractivity contribution is -0.118. The first-order valence-electron chi connectivity index (χ1n) is 8.82. The van der Waals surface area contributed by atoms with Gasteiger partial charge in [0.25, 0.3) is 5.91 Å². The molecule has 8 heteroatoms. The third-order valence-electron chi connectivity index (χ3n) is 4.56. The molecule has 0 radical (unpaired) electrons. The molecular formula is C20H19N7O. The SMILES string of the molecule is Cc1nnnn1C(C(=O)Nc1ncc(-c2ccccc2)n1C)c1ccccc1. The maximum absolute atomic E-state index is 13.2. The highest BCUT2D eigenvalue weighted by Crippen LogP contribution is 2.24. The Bertz CT molecular complexity index is 1090. The number of tetrazole rings is 1. The second-order valence-corrected chi connectivity index (χ2v) is 6.37. The fourth-order valence-corrected chi connectivity index (χ4v) is 3.10. The molecule has 4 aromatic rings. The van der Waals surface area contributed by atoms with Crippen molar-refractivity contribution in [1.82, 2.24) is 29.8 Å². The van der Waals surface area contributed by atoms with Gasteiger partial charge in [-0.3, -0.25) is 10.1 Å². The van der Waals surface area contributed by atoms with Crippen LogP contribution < -0.4 is 5.32 Å². The molecule has 0 spiro atoms. The van der Waals surface area contributed by atoms with Crippen LogP contribution in [0, 0.1) is 6.92 Å². The molecule has 1 atom stereocenters. The number of carbonyl (C=O) groups excluding carboxylic acids is 1. The Morgan fingerprint density at radius 2 is 1.71 bits per heavy atom. The number of rotatable bonds is 5. The maximum atomic E-state index is 13.2. The molecule has 0 saturated heterocycles. The van der Waals surface area contributed by atoms with Gasteiger partial charge in [-0.25, -0.2) is 9.67 Å². The highest BCUT2D eigenvalue weighted by Gasteiger charge is 2.27. The minimum absolute atomic E-state index is 0.269. The third-order valence-corrected chi connectivity index (χ3v) is 4.56. The summed E-state index contributed by atoms with van der Waals surface area (Å²) in [5.41, 5.74) is 2.72. The molecule has 0 aliphatic rings. The van der Waals surface area contributed by atoms with Crippen LogP contribution in [0.3, 0.4) is 0 Å². The number of nitrogens with one attached hydrogen (secondary N) is 1. The number of benzene rings is 2. The summed E-state index contributed by atoms with van der Waals surface area (Å²) < 4.78 is 3.35. The van der Waals surface area contributed by atoms with E-state index in [0.717, 1.165) is 16.8 Å². The number of aryl methyl sites for hydroxylation is 1. The van der Waals surface area contributed by atoms with E-state index in [1.54, 1.807) is 13.1 Å². The fraction of sp³-hybridized carbons (Fsp3) is 0.150. The van der Waals surface area contributed by atoms with Crippen LogP contribution in [0.4, 0.5) is 5.95 Å². The molecule has 0 fully saturated rings. The number of anilines is 1. The van der Waals surface area contributed by atoms with E-state index in [0.29, 0.717) is 11.8 Å². The topological polar surface area (TPSA) is 90.5 Å². The van der Waals surface area contributed by atoms with Crippen molar-refractivity contribution in [3.05, 3.63) is 78.2 Å². The highest BCUT2D eigenvalue weighted by molar-refractivity contribution is 5.94. The van der Waals surface area contributed by atoms with Gasteiger partial charge in [-0.2, -0.15) is 0 Å². The minimum Gasteiger partial charge on any atom is -0.313 e. The van der Waals surface area contributed by atoms with E-state index in [1.165, 1.54) is 4.68 Å². The van der Waals surface area contributed by atoms with Gasteiger partial charge >= 0.3 is 0 Å². The van der Waals surface area contributed by atoms with Crippen LogP contribution in [-0.4, -0.2) is 35.7 Å². The van der Waals surface area contributed by atoms with Crippen LogP contribution in [0.15, 0.2) is 66.9 Å². The second kappa shape index (κ2) is 7.43. The molecule has 0 bridgehead atoms. The van der Waals surface area contributed by atoms with E-state index in [2.05, 4.69) is 25.8 Å². The van der Waals surface area contributed by atoms with Gasteiger partial charge in [-0.1, -0.05) is 60.7 Å². The van der Waals surface area contributed by atoms with E-state index >= 15 is 0 Å². The van der Waals surface area contributed by atoms with Gasteiger partial charge in [-0.05, 0) is 28.5 Å². The molecule has 8 nitrogen and oxygen atoms in total. The van der Waals surface area contributed by atoms with Crippen molar-refractivity contribution in [3.63, 3.8) is 0 Å². The van der Waals surface area contributed by atoms with Gasteiger partial charge in [0.15, 0.2) is 6.04 Å². The van der Waals surface area contributed by atoms with E-state index in [9.17, 15) is 4.79 Å². The normalized spacial score (nSPS) is 11.9. The lowest BCUT2D eigenvalue weighted by atomic mass is 10.1. The summed E-state index contributed by atoms with van der Waals surface area (Å²) in [6.07, 6.45) is 1.74. The summed E-state index contributed by atoms with van der Waals surface area (Å²) in [4.78, 5) is 17.6. The minimum atomic E-state index is -0.701. The monoisotopic (exact) mass is 373 g/mol. The van der Waals surface area contributed by atoms with Crippen molar-refractivity contribution in [1.29, 1.82) is 0 Å². The number of hydrogen-bond acceptors (Lipinski definition) is 5. The zero-order valence-electron chi connectivity index (χ0n) is 15.5. The van der Waals surface area contributed by atoms with E-state index < -0.39 is 6.04 Å². The first-order valence-corrected chi connectivity index (χ1v) is 8.82. The first-order chi connectivity index (χ1) is 13.6. The molecule has 2 aromatic carbocycles. The van der Waals surface area contributed by atoms with Crippen LogP contribution in [0.25, 0.3) is 11.3 Å². The highest BCUT2D eigenvalue weighted by atomic mass is 16.2. The zero-order valence-corrected chi connectivity index (χ0v) is 15.5. The van der Waals surface area contributed by atoms with Crippen molar-refractivity contribution >= 4 is 11.9 Å². The maximum Gasteiger partial charge on any atom is 0.256 e. The van der Waals surface area contributed by atoms with Crippen molar-refractivity contribution in [2.45, 2.75) is 13.0 Å². The third kappa shape index (κ3) is 3.27. The standard InChI is InChI=1S/C20H19N7O/c1-14-23-24-25-27(14)18(16-11-7-4-8-12-16)19(28)22-20-21-13-17(26(20)2)15-9-5-3-6-10-15/h3-13,18H,1-2H3,(H,21,22,28). The van der Waals surface area contributed by atoms with E-state index in [-0.39, 0.29) is 5.91 Å². The van der Waals surface area contributed by atoms with Gasteiger partial charge in [0.1, 0.15) is 5.82 Å². The lowest BCUT2D eigenvalue weighted by Gasteiger charge is -2.17. The van der Waals surface area contributed by atoms with Crippen LogP contribution in [0.1, 0.15) is 17.4 Å². The molecule has 0 saturated carbocycles. The van der Waals surface area contributed by atoms with Crippen LogP contribution in [-0.2, 0) is 11.8 Å². The van der Waals surface area contributed by atoms with Gasteiger partial charge in [0, 0.05) is 7.05 Å². The number of aromatic nitrogens is 6. The fourth-order valence-electron chi connectivity index (χ4n) is 3.10. The molecule has 0 aliphatic heterocycles. The molecule has 28 heavy (non-hydrogen) atoms. The number of amides is 1.